The molecule has 0 aromatic heterocycles. The quantitative estimate of drug-likeness (QED) is 0.693. The number of nitrogens with zero attached hydrogens (tertiary/aromatic N) is 1. The number of allylic oxidation sites excluding steroid dienone is 1. The number of ether oxygens (including phenoxy) is 1. The Morgan fingerprint density at radius 3 is 2.79 bits per heavy atom. The zero-order valence-electron chi connectivity index (χ0n) is 8.34. The maximum atomic E-state index is 11.2. The second-order valence-corrected chi connectivity index (χ2v) is 5.05. The van der Waals surface area contributed by atoms with E-state index in [9.17, 15) is 8.42 Å². The summed E-state index contributed by atoms with van der Waals surface area (Å²) < 4.78 is 33.4. The first-order valence-corrected chi connectivity index (χ1v) is 5.76. The van der Waals surface area contributed by atoms with E-state index in [4.69, 9.17) is 8.92 Å². The lowest BCUT2D eigenvalue weighted by atomic mass is 10.2. The summed E-state index contributed by atoms with van der Waals surface area (Å²) in [6.45, 7) is 0.0743. The molecule has 1 heterocycles. The Bertz CT molecular complexity index is 296. The van der Waals surface area contributed by atoms with E-state index < -0.39 is 10.3 Å². The molecule has 5 nitrogen and oxygen atoms in total. The predicted molar refractivity (Wildman–Crippen MR) is 51.8 cm³/mol. The van der Waals surface area contributed by atoms with Crippen LogP contribution in [0.3, 0.4) is 0 Å². The van der Waals surface area contributed by atoms with Crippen LogP contribution < -0.4 is 0 Å². The van der Waals surface area contributed by atoms with E-state index in [0.29, 0.717) is 0 Å². The van der Waals surface area contributed by atoms with Gasteiger partial charge in [-0.3, -0.25) is 4.18 Å². The topological polar surface area (TPSA) is 55.8 Å². The molecule has 0 amide bonds. The molecule has 1 aliphatic heterocycles. The Hall–Kier alpha value is -0.590. The summed E-state index contributed by atoms with van der Waals surface area (Å²) in [4.78, 5) is 0. The Morgan fingerprint density at radius 1 is 1.57 bits per heavy atom. The Kier molecular flexibility index (Phi) is 3.91. The van der Waals surface area contributed by atoms with Crippen LogP contribution in [0, 0.1) is 0 Å². The molecule has 0 aromatic carbocycles. The molecular formula is C8H15NO4S. The molecule has 0 radical (unpaired) electrons. The van der Waals surface area contributed by atoms with Gasteiger partial charge in [-0.05, 0) is 18.9 Å². The molecule has 82 valence electrons. The van der Waals surface area contributed by atoms with Gasteiger partial charge in [0.2, 0.25) is 0 Å². The first-order valence-electron chi connectivity index (χ1n) is 4.40. The first-order chi connectivity index (χ1) is 6.52. The van der Waals surface area contributed by atoms with E-state index >= 15 is 0 Å². The van der Waals surface area contributed by atoms with E-state index in [1.807, 2.05) is 6.08 Å². The zero-order valence-corrected chi connectivity index (χ0v) is 9.16. The molecule has 1 rings (SSSR count). The van der Waals surface area contributed by atoms with Gasteiger partial charge in [0.15, 0.2) is 0 Å². The normalized spacial score (nSPS) is 22.4. The van der Waals surface area contributed by atoms with E-state index in [0.717, 1.165) is 17.1 Å². The summed E-state index contributed by atoms with van der Waals surface area (Å²) >= 11 is 0. The van der Waals surface area contributed by atoms with Crippen molar-refractivity contribution in [1.29, 1.82) is 0 Å². The minimum absolute atomic E-state index is 0.0743. The van der Waals surface area contributed by atoms with Gasteiger partial charge in [0.05, 0.1) is 6.26 Å². The fourth-order valence-corrected chi connectivity index (χ4v) is 1.51. The summed E-state index contributed by atoms with van der Waals surface area (Å²) in [5.74, 6) is 0. The molecule has 0 fully saturated rings. The summed E-state index contributed by atoms with van der Waals surface area (Å²) in [6, 6.07) is 0. The molecule has 0 N–H and O–H groups in total. The van der Waals surface area contributed by atoms with Crippen molar-refractivity contribution in [3.8, 4) is 0 Å². The lowest BCUT2D eigenvalue weighted by Gasteiger charge is -2.20. The number of hydrogen-bond acceptors (Lipinski definition) is 4. The van der Waals surface area contributed by atoms with E-state index in [-0.39, 0.29) is 12.7 Å². The lowest BCUT2D eigenvalue weighted by Crippen LogP contribution is -2.29. The van der Waals surface area contributed by atoms with Crippen molar-refractivity contribution in [3.63, 3.8) is 0 Å². The molecule has 0 spiro atoms. The van der Waals surface area contributed by atoms with Crippen LogP contribution in [0.1, 0.15) is 12.8 Å². The Morgan fingerprint density at radius 2 is 2.29 bits per heavy atom. The molecule has 6 heteroatoms. The molecule has 0 saturated heterocycles. The van der Waals surface area contributed by atoms with Crippen LogP contribution >= 0.6 is 0 Å². The van der Waals surface area contributed by atoms with Gasteiger partial charge in [-0.2, -0.15) is 12.7 Å². The maximum Gasteiger partial charge on any atom is 0.338 e. The van der Waals surface area contributed by atoms with Crippen molar-refractivity contribution in [2.75, 3.05) is 20.7 Å². The van der Waals surface area contributed by atoms with E-state index in [1.165, 1.54) is 14.1 Å². The summed E-state index contributed by atoms with van der Waals surface area (Å²) in [5.41, 5.74) is 0. The Labute approximate surface area is 84.6 Å². The average molecular weight is 221 g/mol. The number of rotatable bonds is 4. The van der Waals surface area contributed by atoms with Crippen molar-refractivity contribution in [1.82, 2.24) is 4.31 Å². The van der Waals surface area contributed by atoms with Gasteiger partial charge in [0.1, 0.15) is 12.7 Å². The molecule has 1 aliphatic rings. The van der Waals surface area contributed by atoms with Crippen LogP contribution in [-0.2, 0) is 19.2 Å². The highest BCUT2D eigenvalue weighted by molar-refractivity contribution is 7.84. The first kappa shape index (κ1) is 11.5. The zero-order chi connectivity index (χ0) is 10.6. The van der Waals surface area contributed by atoms with Crippen molar-refractivity contribution in [2.24, 2.45) is 0 Å². The standard InChI is InChI=1S/C8H15NO4S/c1-9(2)14(10,11)13-7-8-5-3-4-6-12-8/h4,6,8H,3,5,7H2,1-2H3. The fraction of sp³-hybridized carbons (Fsp3) is 0.750. The molecule has 14 heavy (non-hydrogen) atoms. The second-order valence-electron chi connectivity index (χ2n) is 3.23. The van der Waals surface area contributed by atoms with Crippen LogP contribution in [0.5, 0.6) is 0 Å². The van der Waals surface area contributed by atoms with Crippen LogP contribution in [0.25, 0.3) is 0 Å². The highest BCUT2D eigenvalue weighted by atomic mass is 32.2. The smallest absolute Gasteiger partial charge is 0.338 e. The highest BCUT2D eigenvalue weighted by Gasteiger charge is 2.19. The third kappa shape index (κ3) is 3.28. The van der Waals surface area contributed by atoms with Gasteiger partial charge in [-0.15, -0.1) is 0 Å². The summed E-state index contributed by atoms with van der Waals surface area (Å²) in [5, 5.41) is 0. The predicted octanol–water partition coefficient (Wildman–Crippen LogP) is 0.502. The van der Waals surface area contributed by atoms with Gasteiger partial charge in [0, 0.05) is 14.1 Å². The van der Waals surface area contributed by atoms with Gasteiger partial charge < -0.3 is 4.74 Å². The second kappa shape index (κ2) is 4.77. The van der Waals surface area contributed by atoms with Crippen LogP contribution in [0.15, 0.2) is 12.3 Å². The SMILES string of the molecule is CN(C)S(=O)(=O)OCC1CCC=CO1. The maximum absolute atomic E-state index is 11.2. The number of hydrogen-bond donors (Lipinski definition) is 0. The van der Waals surface area contributed by atoms with E-state index in [1.54, 1.807) is 6.26 Å². The highest BCUT2D eigenvalue weighted by Crippen LogP contribution is 2.11. The largest absolute Gasteiger partial charge is 0.496 e. The minimum atomic E-state index is -3.57. The van der Waals surface area contributed by atoms with Gasteiger partial charge in [-0.1, -0.05) is 0 Å². The van der Waals surface area contributed by atoms with Crippen molar-refractivity contribution in [3.05, 3.63) is 12.3 Å². The third-order valence-electron chi connectivity index (χ3n) is 1.87. The molecule has 1 atom stereocenters. The van der Waals surface area contributed by atoms with Gasteiger partial charge in [0.25, 0.3) is 0 Å². The molecule has 0 aromatic rings. The molecule has 0 saturated carbocycles. The monoisotopic (exact) mass is 221 g/mol. The van der Waals surface area contributed by atoms with Crippen LogP contribution in [-0.4, -0.2) is 39.5 Å². The fourth-order valence-electron chi connectivity index (χ4n) is 0.975. The van der Waals surface area contributed by atoms with Crippen molar-refractivity contribution >= 4 is 10.3 Å². The van der Waals surface area contributed by atoms with Crippen LogP contribution in [0.2, 0.25) is 0 Å². The van der Waals surface area contributed by atoms with Crippen LogP contribution in [0.4, 0.5) is 0 Å². The van der Waals surface area contributed by atoms with Crippen molar-refractivity contribution < 1.29 is 17.3 Å². The molecule has 0 aliphatic carbocycles. The van der Waals surface area contributed by atoms with Gasteiger partial charge in [-0.25, -0.2) is 0 Å². The Balaban J connectivity index is 2.37. The average Bonchev–Trinajstić information content (AvgIpc) is 2.16. The van der Waals surface area contributed by atoms with E-state index in [2.05, 4.69) is 0 Å². The third-order valence-corrected chi connectivity index (χ3v) is 3.20. The molecular weight excluding hydrogens is 206 g/mol. The summed E-state index contributed by atoms with van der Waals surface area (Å²) in [6.07, 6.45) is 5.02. The molecule has 0 bridgehead atoms. The van der Waals surface area contributed by atoms with Crippen molar-refractivity contribution in [2.45, 2.75) is 18.9 Å². The molecule has 1 unspecified atom stereocenters. The lowest BCUT2D eigenvalue weighted by molar-refractivity contribution is 0.0729. The van der Waals surface area contributed by atoms with Gasteiger partial charge >= 0.3 is 10.3 Å². The summed E-state index contributed by atoms with van der Waals surface area (Å²) in [7, 11) is -0.713. The minimum Gasteiger partial charge on any atom is -0.496 e.